The highest BCUT2D eigenvalue weighted by Gasteiger charge is 2.70. The van der Waals surface area contributed by atoms with Crippen molar-refractivity contribution in [1.82, 2.24) is 15.2 Å². The van der Waals surface area contributed by atoms with E-state index < -0.39 is 103 Å². The molecule has 7 aliphatic rings. The molecule has 1 aromatic heterocycles. The Bertz CT molecular complexity index is 2840. The normalized spacial score (nSPS) is 33.6. The predicted octanol–water partition coefficient (Wildman–Crippen LogP) is 3.51. The molecule has 5 aliphatic heterocycles. The quantitative estimate of drug-likeness (QED) is 0.0800. The van der Waals surface area contributed by atoms with Crippen LogP contribution in [-0.4, -0.2) is 168 Å². The second kappa shape index (κ2) is 20.6. The minimum Gasteiger partial charge on any atom is -0.507 e. The average molecular weight is 1030 g/mol. The van der Waals surface area contributed by atoms with Gasteiger partial charge < -0.3 is 78.0 Å². The molecule has 19 nitrogen and oxygen atoms in total. The van der Waals surface area contributed by atoms with Crippen LogP contribution in [0.25, 0.3) is 10.8 Å². The zero-order valence-corrected chi connectivity index (χ0v) is 42.6. The molecule has 14 atom stereocenters. The molecule has 1 amide bonds. The number of fused-ring (bicyclic) bond motifs is 8. The molecule has 10 rings (SSSR count). The Morgan fingerprint density at radius 3 is 2.47 bits per heavy atom. The summed E-state index contributed by atoms with van der Waals surface area (Å²) >= 11 is 6.86. The van der Waals surface area contributed by atoms with Crippen molar-refractivity contribution in [3.05, 3.63) is 70.0 Å². The summed E-state index contributed by atoms with van der Waals surface area (Å²) in [6, 6.07) is 5.81. The van der Waals surface area contributed by atoms with E-state index in [2.05, 4.69) is 34.0 Å². The molecule has 2 aromatic carbocycles. The fourth-order valence-electron chi connectivity index (χ4n) is 10.3. The van der Waals surface area contributed by atoms with Crippen LogP contribution >= 0.6 is 11.6 Å². The van der Waals surface area contributed by atoms with E-state index in [-0.39, 0.29) is 70.6 Å². The molecule has 14 unspecified atom stereocenters. The number of aromatic hydroxyl groups is 1. The van der Waals surface area contributed by atoms with E-state index in [1.165, 1.54) is 39.4 Å². The Morgan fingerprint density at radius 2 is 1.78 bits per heavy atom. The summed E-state index contributed by atoms with van der Waals surface area (Å²) < 4.78 is 61.9. The number of likely N-dealkylation sites (N-methyl/N-ethyl adjacent to an activating group) is 1. The molecule has 3 aromatic rings. The fourth-order valence-corrected chi connectivity index (χ4v) is 10.5. The van der Waals surface area contributed by atoms with Crippen LogP contribution in [0.5, 0.6) is 28.7 Å². The monoisotopic (exact) mass is 1030 g/mol. The highest BCUT2D eigenvalue weighted by atomic mass is 35.5. The molecule has 3 fully saturated rings. The first-order valence-corrected chi connectivity index (χ1v) is 24.5. The van der Waals surface area contributed by atoms with E-state index in [0.29, 0.717) is 22.1 Å². The van der Waals surface area contributed by atoms with Crippen molar-refractivity contribution in [3.63, 3.8) is 0 Å². The SMILES string of the molecule is COc1c(OC(C)C)cc2cc(O)c(C(=O)NC3Cc4ccc(c(Cl)n4)OC4C=C5C#CC(=CC#CC6OC56C4OC4CC(C)(O)C(O)C(C)O4)C(OC4CC(O)C(N(C)C)C(C)O4)COC3=O)cc2c1OC. The number of phenols is 1. The molecule has 5 bridgehead atoms. The largest absolute Gasteiger partial charge is 0.507 e. The molecule has 0 saturated carbocycles. The number of hydrogen-bond donors (Lipinski definition) is 5. The molecule has 3 saturated heterocycles. The fraction of sp³-hybridized carbons (Fsp3) is 0.528. The van der Waals surface area contributed by atoms with Crippen LogP contribution in [0.2, 0.25) is 5.15 Å². The lowest BCUT2D eigenvalue weighted by molar-refractivity contribution is -0.290. The number of aliphatic hydroxyl groups is 3. The van der Waals surface area contributed by atoms with Gasteiger partial charge in [0.15, 0.2) is 46.7 Å². The maximum Gasteiger partial charge on any atom is 0.329 e. The number of pyridine rings is 1. The minimum absolute atomic E-state index is 0.0664. The van der Waals surface area contributed by atoms with Crippen molar-refractivity contribution in [2.45, 2.75) is 145 Å². The molecule has 390 valence electrons. The Labute approximate surface area is 427 Å². The lowest BCUT2D eigenvalue weighted by Crippen LogP contribution is -2.57. The molecule has 20 heteroatoms. The number of carbonyl (C=O) groups is 2. The summed E-state index contributed by atoms with van der Waals surface area (Å²) in [5, 5.41) is 48.0. The number of allylic oxidation sites excluding steroid dienone is 1. The Hall–Kier alpha value is -5.68. The maximum atomic E-state index is 14.5. The number of esters is 1. The van der Waals surface area contributed by atoms with Gasteiger partial charge in [-0.3, -0.25) is 4.79 Å². The number of rotatable bonds is 11. The van der Waals surface area contributed by atoms with Gasteiger partial charge in [0, 0.05) is 47.6 Å². The van der Waals surface area contributed by atoms with Gasteiger partial charge >= 0.3 is 5.97 Å². The van der Waals surface area contributed by atoms with Gasteiger partial charge in [-0.05, 0) is 90.5 Å². The molecule has 73 heavy (non-hydrogen) atoms. The van der Waals surface area contributed by atoms with Gasteiger partial charge in [-0.25, -0.2) is 9.78 Å². The summed E-state index contributed by atoms with van der Waals surface area (Å²) in [4.78, 5) is 35.3. The molecule has 6 heterocycles. The van der Waals surface area contributed by atoms with E-state index >= 15 is 0 Å². The Balaban J connectivity index is 1.09. The molecule has 0 radical (unpaired) electrons. The zero-order valence-electron chi connectivity index (χ0n) is 41.8. The number of carbonyl (C=O) groups excluding carboxylic acids is 2. The van der Waals surface area contributed by atoms with Crippen LogP contribution in [0.15, 0.2) is 53.6 Å². The van der Waals surface area contributed by atoms with Crippen molar-refractivity contribution < 1.29 is 77.4 Å². The van der Waals surface area contributed by atoms with Gasteiger partial charge in [-0.2, -0.15) is 0 Å². The van der Waals surface area contributed by atoms with Crippen molar-refractivity contribution in [1.29, 1.82) is 0 Å². The Kier molecular flexibility index (Phi) is 14.7. The van der Waals surface area contributed by atoms with Crippen LogP contribution in [0.3, 0.4) is 0 Å². The van der Waals surface area contributed by atoms with E-state index in [1.807, 2.05) is 39.8 Å². The number of nitrogens with zero attached hydrogens (tertiary/aromatic N) is 2. The summed E-state index contributed by atoms with van der Waals surface area (Å²) in [5.41, 5.74) is -2.05. The molecule has 1 spiro atoms. The molecular weight excluding hydrogens is 970 g/mol. The van der Waals surface area contributed by atoms with Crippen LogP contribution in [0, 0.1) is 23.7 Å². The third kappa shape index (κ3) is 10.3. The average Bonchev–Trinajstić information content (AvgIpc) is 3.95. The third-order valence-electron chi connectivity index (χ3n) is 13.8. The number of benzene rings is 2. The first kappa shape index (κ1) is 52.2. The number of phenolic OH excluding ortho intramolecular Hbond substituents is 1. The molecular formula is C53H60ClN3O16. The summed E-state index contributed by atoms with van der Waals surface area (Å²) in [7, 11) is 6.58. The number of nitrogens with one attached hydrogen (secondary N) is 1. The zero-order chi connectivity index (χ0) is 52.3. The lowest BCUT2D eigenvalue weighted by Gasteiger charge is -2.43. The summed E-state index contributed by atoms with van der Waals surface area (Å²) in [6.07, 6.45) is -6.35. The lowest BCUT2D eigenvalue weighted by atomic mass is 9.88. The van der Waals surface area contributed by atoms with Crippen LogP contribution in [-0.2, 0) is 39.6 Å². The highest BCUT2D eigenvalue weighted by Crippen LogP contribution is 2.54. The number of aliphatic hydroxyl groups excluding tert-OH is 2. The summed E-state index contributed by atoms with van der Waals surface area (Å²) in [6.45, 7) is 8.20. The predicted molar refractivity (Wildman–Crippen MR) is 261 cm³/mol. The van der Waals surface area contributed by atoms with Crippen LogP contribution in [0.4, 0.5) is 0 Å². The maximum absolute atomic E-state index is 14.5. The van der Waals surface area contributed by atoms with Gasteiger partial charge in [0.25, 0.3) is 5.91 Å². The van der Waals surface area contributed by atoms with Crippen molar-refractivity contribution >= 4 is 34.2 Å². The van der Waals surface area contributed by atoms with E-state index in [1.54, 1.807) is 31.2 Å². The first-order chi connectivity index (χ1) is 34.7. The van der Waals surface area contributed by atoms with Gasteiger partial charge in [-0.15, -0.1) is 0 Å². The first-order valence-electron chi connectivity index (χ1n) is 24.1. The second-order valence-electron chi connectivity index (χ2n) is 19.7. The second-order valence-corrected chi connectivity index (χ2v) is 20.1. The van der Waals surface area contributed by atoms with Crippen molar-refractivity contribution in [2.75, 3.05) is 34.9 Å². The van der Waals surface area contributed by atoms with Crippen molar-refractivity contribution in [3.8, 4) is 52.4 Å². The number of hydrogen-bond acceptors (Lipinski definition) is 18. The van der Waals surface area contributed by atoms with E-state index in [4.69, 9.17) is 59.0 Å². The van der Waals surface area contributed by atoms with Gasteiger partial charge in [-0.1, -0.05) is 35.3 Å². The number of methoxy groups -OCH3 is 2. The molecule has 5 N–H and O–H groups in total. The molecule has 2 aliphatic carbocycles. The topological polar surface area (TPSA) is 239 Å². The Morgan fingerprint density at radius 1 is 1.03 bits per heavy atom. The van der Waals surface area contributed by atoms with Gasteiger partial charge in [0.2, 0.25) is 5.75 Å². The number of aromatic nitrogens is 1. The van der Waals surface area contributed by atoms with Crippen LogP contribution < -0.4 is 24.3 Å². The highest BCUT2D eigenvalue weighted by molar-refractivity contribution is 6.30. The van der Waals surface area contributed by atoms with Crippen molar-refractivity contribution in [2.24, 2.45) is 0 Å². The van der Waals surface area contributed by atoms with Gasteiger partial charge in [0.1, 0.15) is 42.8 Å². The minimum atomic E-state index is -1.55. The number of epoxide rings is 1. The number of halogens is 1. The van der Waals surface area contributed by atoms with E-state index in [0.717, 1.165) is 0 Å². The summed E-state index contributed by atoms with van der Waals surface area (Å²) in [5.74, 6) is 11.4. The number of ether oxygens (including phenoxy) is 10. The van der Waals surface area contributed by atoms with Crippen LogP contribution in [0.1, 0.15) is 63.5 Å². The smallest absolute Gasteiger partial charge is 0.329 e. The standard InChI is InChI=1S/C53H60ClN3O16/c1-25(2)67-38-18-29-17-35(58)33(21-32(29)45(64-8)46(38)65-9)50(61)56-34-20-31-15-16-37(49(54)55-31)70-39-19-30-14-13-28(40(24-66-51(34)62)71-42-22-36(59)44(57(6)7)26(3)68-42)11-10-12-41-53(30,73-41)48(39)72-43-23-52(5,63)47(60)27(4)69-43/h11,15-19,21,25-27,34,36,39-44,47-48,58-60,63H,20,22-24H2,1-9H3,(H,56,61). The third-order valence-corrected chi connectivity index (χ3v) is 14.1. The van der Waals surface area contributed by atoms with Gasteiger partial charge in [0.05, 0.1) is 55.8 Å². The number of amides is 1. The van der Waals surface area contributed by atoms with E-state index in [9.17, 15) is 30.0 Å².